The summed E-state index contributed by atoms with van der Waals surface area (Å²) in [5, 5.41) is 44.3. The highest BCUT2D eigenvalue weighted by Crippen LogP contribution is 2.45. The van der Waals surface area contributed by atoms with Gasteiger partial charge in [0.05, 0.1) is 55.7 Å². The predicted molar refractivity (Wildman–Crippen MR) is 195 cm³/mol. The Morgan fingerprint density at radius 1 is 0.927 bits per heavy atom. The zero-order valence-electron chi connectivity index (χ0n) is 33.9. The molecule has 55 heavy (non-hydrogen) atoms. The zero-order valence-corrected chi connectivity index (χ0v) is 33.9. The molecule has 4 heterocycles. The van der Waals surface area contributed by atoms with E-state index in [2.05, 4.69) is 0 Å². The van der Waals surface area contributed by atoms with Crippen LogP contribution >= 0.6 is 0 Å². The lowest BCUT2D eigenvalue weighted by atomic mass is 9.79. The Morgan fingerprint density at radius 2 is 1.56 bits per heavy atom. The number of aldehydes is 1. The topological polar surface area (TPSA) is 213 Å². The van der Waals surface area contributed by atoms with Crippen LogP contribution in [0.4, 0.5) is 0 Å². The number of nitrogens with zero attached hydrogens (tertiary/aromatic N) is 1. The molecule has 3 saturated heterocycles. The summed E-state index contributed by atoms with van der Waals surface area (Å²) >= 11 is 0. The van der Waals surface area contributed by atoms with Gasteiger partial charge in [-0.3, -0.25) is 9.59 Å². The van der Waals surface area contributed by atoms with Crippen molar-refractivity contribution in [3.8, 4) is 0 Å². The van der Waals surface area contributed by atoms with Crippen LogP contribution in [0.25, 0.3) is 0 Å². The van der Waals surface area contributed by atoms with Crippen molar-refractivity contribution in [2.75, 3.05) is 34.9 Å². The van der Waals surface area contributed by atoms with Crippen LogP contribution in [0.15, 0.2) is 12.2 Å². The number of epoxide rings is 1. The van der Waals surface area contributed by atoms with E-state index in [1.165, 1.54) is 20.3 Å². The highest BCUT2D eigenvalue weighted by atomic mass is 16.7. The summed E-state index contributed by atoms with van der Waals surface area (Å²) in [6.45, 7) is 10.4. The molecule has 0 unspecified atom stereocenters. The van der Waals surface area contributed by atoms with Crippen molar-refractivity contribution in [1.29, 1.82) is 0 Å². The van der Waals surface area contributed by atoms with Crippen molar-refractivity contribution in [2.24, 2.45) is 23.7 Å². The molecule has 0 spiro atoms. The number of hydrogen-bond donors (Lipinski definition) is 4. The molecule has 4 rings (SSSR count). The van der Waals surface area contributed by atoms with E-state index >= 15 is 0 Å². The standard InChI is InChI=1S/C39H65NO15/c1-11-27-24(18-50-38-35(49-10)34(48-9)31(46)22(5)52-38)36-39(6,55-36)14-12-25(42)19(2)16-23(13-15-41)33(20(3)26(43)17-28(44)53-27)54-37-32(47)29(40(7)8)30(45)21(4)51-37/h12,14-15,19-24,26-27,29-38,43,45-47H,11,13,16-18H2,1-10H3/b14-12+/t19-,20+,21-,22-,23+,24-,26-,27-,29+,30-,31-,32-,33-,34-,35-,36-,37+,38-,39+/m1/s1. The van der Waals surface area contributed by atoms with E-state index in [4.69, 9.17) is 37.9 Å². The number of ketones is 1. The fourth-order valence-corrected chi connectivity index (χ4v) is 8.41. The molecule has 4 N–H and O–H groups in total. The Hall–Kier alpha value is -1.93. The average molecular weight is 788 g/mol. The van der Waals surface area contributed by atoms with Crippen molar-refractivity contribution in [3.05, 3.63) is 12.2 Å². The molecule has 0 bridgehead atoms. The van der Waals surface area contributed by atoms with Gasteiger partial charge in [-0.15, -0.1) is 0 Å². The second-order valence-corrected chi connectivity index (χ2v) is 16.2. The van der Waals surface area contributed by atoms with E-state index in [-0.39, 0.29) is 25.2 Å². The molecule has 0 amide bonds. The third kappa shape index (κ3) is 10.6. The van der Waals surface area contributed by atoms with Crippen LogP contribution in [0, 0.1) is 23.7 Å². The fraction of sp³-hybridized carbons (Fsp3) is 0.872. The molecule has 0 aliphatic carbocycles. The molecule has 4 aliphatic heterocycles. The van der Waals surface area contributed by atoms with Gasteiger partial charge in [0.2, 0.25) is 0 Å². The van der Waals surface area contributed by atoms with E-state index < -0.39 is 127 Å². The van der Waals surface area contributed by atoms with Gasteiger partial charge in [0.1, 0.15) is 42.4 Å². The molecule has 19 atom stereocenters. The van der Waals surface area contributed by atoms with E-state index in [0.29, 0.717) is 6.42 Å². The highest BCUT2D eigenvalue weighted by Gasteiger charge is 2.58. The third-order valence-electron chi connectivity index (χ3n) is 12.0. The Labute approximate surface area is 324 Å². The minimum absolute atomic E-state index is 0.0129. The first-order valence-corrected chi connectivity index (χ1v) is 19.5. The molecule has 16 heteroatoms. The van der Waals surface area contributed by atoms with Crippen LogP contribution in [-0.2, 0) is 52.3 Å². The average Bonchev–Trinajstić information content (AvgIpc) is 3.81. The molecule has 16 nitrogen and oxygen atoms in total. The minimum Gasteiger partial charge on any atom is -0.462 e. The summed E-state index contributed by atoms with van der Waals surface area (Å²) in [6, 6.07) is -0.746. The number of allylic oxidation sites excluding steroid dienone is 1. The normalized spacial score (nSPS) is 46.8. The molecular formula is C39H65NO15. The minimum atomic E-state index is -1.33. The number of carbonyl (C=O) groups excluding carboxylic acids is 3. The van der Waals surface area contributed by atoms with E-state index in [9.17, 15) is 34.8 Å². The van der Waals surface area contributed by atoms with Crippen LogP contribution in [-0.4, -0.2) is 170 Å². The van der Waals surface area contributed by atoms with Gasteiger partial charge in [0.15, 0.2) is 18.4 Å². The molecule has 316 valence electrons. The Morgan fingerprint density at radius 3 is 2.16 bits per heavy atom. The molecule has 0 radical (unpaired) electrons. The first kappa shape index (κ1) is 45.8. The van der Waals surface area contributed by atoms with E-state index in [1.54, 1.807) is 52.8 Å². The van der Waals surface area contributed by atoms with Gasteiger partial charge in [-0.1, -0.05) is 20.8 Å². The van der Waals surface area contributed by atoms with Crippen molar-refractivity contribution in [2.45, 2.75) is 159 Å². The van der Waals surface area contributed by atoms with Gasteiger partial charge < -0.3 is 68.0 Å². The summed E-state index contributed by atoms with van der Waals surface area (Å²) in [6.07, 6.45) is -7.97. The summed E-state index contributed by atoms with van der Waals surface area (Å²) in [7, 11) is 6.35. The summed E-state index contributed by atoms with van der Waals surface area (Å²) < 4.78 is 48.0. The number of ether oxygens (including phenoxy) is 8. The maximum Gasteiger partial charge on any atom is 0.308 e. The van der Waals surface area contributed by atoms with Crippen LogP contribution < -0.4 is 0 Å². The molecule has 0 aromatic carbocycles. The van der Waals surface area contributed by atoms with Crippen molar-refractivity contribution >= 4 is 18.0 Å². The number of esters is 1. The second-order valence-electron chi connectivity index (χ2n) is 16.2. The van der Waals surface area contributed by atoms with E-state index in [0.717, 1.165) is 6.29 Å². The van der Waals surface area contributed by atoms with Crippen molar-refractivity contribution < 1.29 is 72.7 Å². The van der Waals surface area contributed by atoms with Crippen LogP contribution in [0.3, 0.4) is 0 Å². The Balaban J connectivity index is 1.64. The highest BCUT2D eigenvalue weighted by molar-refractivity contribution is 5.91. The number of aliphatic hydroxyl groups excluding tert-OH is 4. The van der Waals surface area contributed by atoms with E-state index in [1.807, 2.05) is 13.8 Å². The number of hydrogen-bond acceptors (Lipinski definition) is 16. The first-order chi connectivity index (χ1) is 25.9. The lowest BCUT2D eigenvalue weighted by molar-refractivity contribution is -0.305. The quantitative estimate of drug-likeness (QED) is 0.129. The number of fused-ring (bicyclic) bond motifs is 1. The SMILES string of the molecule is CC[C@H]1OC(=O)C[C@@H](O)[C@H](C)[C@@H](O[C@@H]2O[C@H](C)[C@@H](O)[C@H](N(C)C)[C@H]2O)[C@@H](CC=O)C[C@@H](C)C(=O)/C=C/[C@]2(C)O[C@@H]2[C@@H]1CO[C@@H]1O[C@H](C)[C@@H](O)[C@@H](OC)[C@H]1OC. The van der Waals surface area contributed by atoms with Gasteiger partial charge in [-0.25, -0.2) is 0 Å². The van der Waals surface area contributed by atoms with Crippen LogP contribution in [0.2, 0.25) is 0 Å². The van der Waals surface area contributed by atoms with Crippen LogP contribution in [0.1, 0.15) is 67.2 Å². The number of methoxy groups -OCH3 is 2. The molecule has 0 saturated carbocycles. The second kappa shape index (κ2) is 19.7. The molecule has 0 aromatic rings. The monoisotopic (exact) mass is 787 g/mol. The third-order valence-corrected chi connectivity index (χ3v) is 12.0. The van der Waals surface area contributed by atoms with Crippen molar-refractivity contribution in [3.63, 3.8) is 0 Å². The zero-order chi connectivity index (χ0) is 40.9. The van der Waals surface area contributed by atoms with Crippen molar-refractivity contribution in [1.82, 2.24) is 4.90 Å². The maximum absolute atomic E-state index is 13.7. The molecule has 4 aliphatic rings. The number of aliphatic hydroxyl groups is 4. The number of likely N-dealkylation sites (N-methyl/N-ethyl adjacent to an activating group) is 1. The van der Waals surface area contributed by atoms with Gasteiger partial charge in [-0.05, 0) is 65.8 Å². The van der Waals surface area contributed by atoms with Gasteiger partial charge >= 0.3 is 5.97 Å². The van der Waals surface area contributed by atoms with Gasteiger partial charge in [0.25, 0.3) is 0 Å². The lowest BCUT2D eigenvalue weighted by Crippen LogP contribution is -2.63. The van der Waals surface area contributed by atoms with Gasteiger partial charge in [0, 0.05) is 38.4 Å². The maximum atomic E-state index is 13.7. The molecule has 0 aromatic heterocycles. The largest absolute Gasteiger partial charge is 0.462 e. The molecular weight excluding hydrogens is 722 g/mol. The molecule has 3 fully saturated rings. The van der Waals surface area contributed by atoms with Crippen LogP contribution in [0.5, 0.6) is 0 Å². The van der Waals surface area contributed by atoms with Gasteiger partial charge in [-0.2, -0.15) is 0 Å². The number of rotatable bonds is 11. The fourth-order valence-electron chi connectivity index (χ4n) is 8.41. The predicted octanol–water partition coefficient (Wildman–Crippen LogP) is 0.774. The Kier molecular flexibility index (Phi) is 16.4. The number of cyclic esters (lactones) is 1. The summed E-state index contributed by atoms with van der Waals surface area (Å²) in [5.41, 5.74) is -0.909. The Bertz CT molecular complexity index is 1300. The lowest BCUT2D eigenvalue weighted by Gasteiger charge is -2.46. The summed E-state index contributed by atoms with van der Waals surface area (Å²) in [5.74, 6) is -3.48. The number of carbonyl (C=O) groups is 3. The first-order valence-electron chi connectivity index (χ1n) is 19.5. The summed E-state index contributed by atoms with van der Waals surface area (Å²) in [4.78, 5) is 41.0. The smallest absolute Gasteiger partial charge is 0.308 e.